The monoisotopic (exact) mass is 480 g/mol. The second kappa shape index (κ2) is 10.8. The number of rotatable bonds is 9. The van der Waals surface area contributed by atoms with E-state index in [0.717, 1.165) is 33.0 Å². The highest BCUT2D eigenvalue weighted by Gasteiger charge is 2.35. The molecule has 3 aromatic rings. The Morgan fingerprint density at radius 2 is 1.88 bits per heavy atom. The molecule has 8 nitrogen and oxygen atoms in total. The van der Waals surface area contributed by atoms with Gasteiger partial charge in [-0.1, -0.05) is 17.3 Å². The van der Waals surface area contributed by atoms with Gasteiger partial charge in [0.2, 0.25) is 5.82 Å². The summed E-state index contributed by atoms with van der Waals surface area (Å²) < 4.78 is 16.4. The largest absolute Gasteiger partial charge is 0.494 e. The number of aromatic nitrogens is 2. The Kier molecular flexibility index (Phi) is 7.54. The Labute approximate surface area is 203 Å². The number of thioether (sulfide) groups is 1. The molecule has 0 saturated heterocycles. The van der Waals surface area contributed by atoms with E-state index in [1.807, 2.05) is 68.6 Å². The van der Waals surface area contributed by atoms with Crippen molar-refractivity contribution in [3.8, 4) is 17.1 Å². The number of carbonyl (C=O) groups excluding carboxylic acids is 1. The zero-order valence-electron chi connectivity index (χ0n) is 19.7. The average molecular weight is 481 g/mol. The second-order valence-corrected chi connectivity index (χ2v) is 8.56. The Morgan fingerprint density at radius 1 is 1.15 bits per heavy atom. The molecule has 0 spiro atoms. The Balaban J connectivity index is 1.73. The number of benzene rings is 2. The van der Waals surface area contributed by atoms with Crippen LogP contribution in [-0.4, -0.2) is 54.2 Å². The number of nitrogens with zero attached hydrogens (tertiary/aromatic N) is 3. The first kappa shape index (κ1) is 23.8. The first-order valence-corrected chi connectivity index (χ1v) is 12.3. The van der Waals surface area contributed by atoms with Crippen LogP contribution < -0.4 is 10.1 Å². The highest BCUT2D eigenvalue weighted by atomic mass is 32.2. The third kappa shape index (κ3) is 4.95. The maximum Gasteiger partial charge on any atom is 0.322 e. The van der Waals surface area contributed by atoms with Gasteiger partial charge in [0.25, 0.3) is 5.89 Å². The minimum Gasteiger partial charge on any atom is -0.494 e. The molecule has 4 rings (SSSR count). The summed E-state index contributed by atoms with van der Waals surface area (Å²) in [5.41, 5.74) is 3.26. The van der Waals surface area contributed by atoms with Crippen molar-refractivity contribution in [2.24, 2.45) is 0 Å². The Bertz CT molecular complexity index is 1160. The third-order valence-electron chi connectivity index (χ3n) is 5.64. The van der Waals surface area contributed by atoms with E-state index in [0.29, 0.717) is 31.5 Å². The molecule has 2 aromatic carbocycles. The number of allylic oxidation sites excluding steroid dienone is 1. The van der Waals surface area contributed by atoms with Gasteiger partial charge in [-0.25, -0.2) is 4.79 Å². The van der Waals surface area contributed by atoms with Crippen molar-refractivity contribution < 1.29 is 18.8 Å². The number of methoxy groups -OCH3 is 1. The quantitative estimate of drug-likeness (QED) is 0.431. The first-order valence-electron chi connectivity index (χ1n) is 11.0. The van der Waals surface area contributed by atoms with Gasteiger partial charge in [0.05, 0.1) is 31.4 Å². The number of hydrogen-bond donors (Lipinski definition) is 1. The minimum atomic E-state index is -0.421. The molecule has 34 heavy (non-hydrogen) atoms. The lowest BCUT2D eigenvalue weighted by Gasteiger charge is -2.35. The Morgan fingerprint density at radius 3 is 2.53 bits per heavy atom. The Hall–Kier alpha value is -3.30. The fourth-order valence-corrected chi connectivity index (χ4v) is 4.28. The van der Waals surface area contributed by atoms with Crippen molar-refractivity contribution in [3.05, 3.63) is 65.7 Å². The summed E-state index contributed by atoms with van der Waals surface area (Å²) in [7, 11) is 1.61. The van der Waals surface area contributed by atoms with Crippen LogP contribution in [0.1, 0.15) is 31.3 Å². The van der Waals surface area contributed by atoms with E-state index in [1.165, 1.54) is 0 Å². The topological polar surface area (TPSA) is 89.7 Å². The lowest BCUT2D eigenvalue weighted by Crippen LogP contribution is -2.47. The van der Waals surface area contributed by atoms with Crippen molar-refractivity contribution in [3.63, 3.8) is 0 Å². The standard InChI is InChI=1S/C25H28N4O4S/c1-5-32-19-10-6-18(7-11-19)23-27-24(33-28-23)21-16(2)29(14-15-31-3)25(30)26-22(21)17-8-12-20(34-4)13-9-17/h6-13,22H,5,14-15H2,1-4H3,(H,26,30). The molecule has 1 unspecified atom stereocenters. The minimum absolute atomic E-state index is 0.191. The maximum absolute atomic E-state index is 12.9. The molecule has 1 aliphatic rings. The van der Waals surface area contributed by atoms with Crippen molar-refractivity contribution in [1.29, 1.82) is 0 Å². The van der Waals surface area contributed by atoms with Crippen LogP contribution in [0.3, 0.4) is 0 Å². The number of urea groups is 1. The molecular weight excluding hydrogens is 452 g/mol. The summed E-state index contributed by atoms with van der Waals surface area (Å²) in [4.78, 5) is 20.4. The van der Waals surface area contributed by atoms with Gasteiger partial charge in [-0.05, 0) is 62.1 Å². The van der Waals surface area contributed by atoms with Crippen molar-refractivity contribution in [2.45, 2.75) is 24.8 Å². The van der Waals surface area contributed by atoms with Gasteiger partial charge >= 0.3 is 6.03 Å². The van der Waals surface area contributed by atoms with Crippen LogP contribution >= 0.6 is 11.8 Å². The predicted octanol–water partition coefficient (Wildman–Crippen LogP) is 5.00. The van der Waals surface area contributed by atoms with Gasteiger partial charge in [0.1, 0.15) is 5.75 Å². The zero-order chi connectivity index (χ0) is 24.1. The van der Waals surface area contributed by atoms with Crippen LogP contribution in [0.15, 0.2) is 63.6 Å². The number of ether oxygens (including phenoxy) is 2. The number of amides is 2. The summed E-state index contributed by atoms with van der Waals surface area (Å²) in [5.74, 6) is 1.61. The molecule has 1 aromatic heterocycles. The van der Waals surface area contributed by atoms with Crippen LogP contribution in [0.4, 0.5) is 4.79 Å². The molecule has 2 amide bonds. The lowest BCUT2D eigenvalue weighted by molar-refractivity contribution is 0.158. The van der Waals surface area contributed by atoms with E-state index < -0.39 is 6.04 Å². The maximum atomic E-state index is 12.9. The summed E-state index contributed by atoms with van der Waals surface area (Å²) in [6.45, 7) is 5.26. The van der Waals surface area contributed by atoms with E-state index in [9.17, 15) is 4.79 Å². The fraction of sp³-hybridized carbons (Fsp3) is 0.320. The average Bonchev–Trinajstić information content (AvgIpc) is 3.34. The van der Waals surface area contributed by atoms with Gasteiger partial charge in [-0.15, -0.1) is 11.8 Å². The zero-order valence-corrected chi connectivity index (χ0v) is 20.5. The number of hydrogen-bond acceptors (Lipinski definition) is 7. The number of carbonyl (C=O) groups is 1. The molecule has 0 saturated carbocycles. The van der Waals surface area contributed by atoms with Crippen LogP contribution in [0.5, 0.6) is 5.75 Å². The highest BCUT2D eigenvalue weighted by molar-refractivity contribution is 7.98. The molecule has 1 atom stereocenters. The van der Waals surface area contributed by atoms with Crippen LogP contribution in [0.25, 0.3) is 17.0 Å². The van der Waals surface area contributed by atoms with Crippen molar-refractivity contribution in [1.82, 2.24) is 20.4 Å². The predicted molar refractivity (Wildman–Crippen MR) is 132 cm³/mol. The van der Waals surface area contributed by atoms with Gasteiger partial charge < -0.3 is 19.3 Å². The second-order valence-electron chi connectivity index (χ2n) is 7.68. The summed E-state index contributed by atoms with van der Waals surface area (Å²) in [5, 5.41) is 7.31. The van der Waals surface area contributed by atoms with E-state index in [-0.39, 0.29) is 6.03 Å². The molecule has 0 aliphatic carbocycles. The van der Waals surface area contributed by atoms with Crippen LogP contribution in [-0.2, 0) is 4.74 Å². The smallest absolute Gasteiger partial charge is 0.322 e. The van der Waals surface area contributed by atoms with Crippen molar-refractivity contribution >= 4 is 23.4 Å². The van der Waals surface area contributed by atoms with Gasteiger partial charge in [0, 0.05) is 23.3 Å². The molecular formula is C25H28N4O4S. The van der Waals surface area contributed by atoms with Gasteiger partial charge in [-0.2, -0.15) is 4.98 Å². The fourth-order valence-electron chi connectivity index (χ4n) is 3.87. The molecule has 9 heteroatoms. The molecule has 1 aliphatic heterocycles. The molecule has 1 N–H and O–H groups in total. The van der Waals surface area contributed by atoms with Gasteiger partial charge in [0.15, 0.2) is 0 Å². The highest BCUT2D eigenvalue weighted by Crippen LogP contribution is 2.37. The van der Waals surface area contributed by atoms with Crippen LogP contribution in [0, 0.1) is 0 Å². The summed E-state index contributed by atoms with van der Waals surface area (Å²) in [6.07, 6.45) is 2.03. The molecule has 178 valence electrons. The van der Waals surface area contributed by atoms with E-state index in [2.05, 4.69) is 15.5 Å². The lowest BCUT2D eigenvalue weighted by atomic mass is 9.94. The molecule has 0 fully saturated rings. The van der Waals surface area contributed by atoms with Gasteiger partial charge in [-0.3, -0.25) is 4.90 Å². The molecule has 2 heterocycles. The molecule has 0 bridgehead atoms. The van der Waals surface area contributed by atoms with Crippen molar-refractivity contribution in [2.75, 3.05) is 33.1 Å². The molecule has 0 radical (unpaired) electrons. The normalized spacial score (nSPS) is 16.1. The summed E-state index contributed by atoms with van der Waals surface area (Å²) >= 11 is 1.67. The third-order valence-corrected chi connectivity index (χ3v) is 6.39. The van der Waals surface area contributed by atoms with E-state index in [4.69, 9.17) is 14.0 Å². The number of nitrogens with one attached hydrogen (secondary N) is 1. The van der Waals surface area contributed by atoms with E-state index >= 15 is 0 Å². The summed E-state index contributed by atoms with van der Waals surface area (Å²) in [6, 6.07) is 15.0. The van der Waals surface area contributed by atoms with E-state index in [1.54, 1.807) is 23.8 Å². The first-order chi connectivity index (χ1) is 16.5. The SMILES string of the molecule is CCOc1ccc(-c2noc(C3=C(C)N(CCOC)C(=O)NC3c3ccc(SC)cc3)n2)cc1. The van der Waals surface area contributed by atoms with Crippen LogP contribution in [0.2, 0.25) is 0 Å².